The summed E-state index contributed by atoms with van der Waals surface area (Å²) in [6, 6.07) is 0. The molecule has 0 N–H and O–H groups in total. The predicted octanol–water partition coefficient (Wildman–Crippen LogP) is 2.39. The van der Waals surface area contributed by atoms with Crippen molar-refractivity contribution in [1.29, 1.82) is 1.28 Å². The van der Waals surface area contributed by atoms with Crippen molar-refractivity contribution in [2.24, 2.45) is 0 Å². The van der Waals surface area contributed by atoms with E-state index in [1.54, 1.807) is 0 Å². The Morgan fingerprint density at radius 1 is 1.89 bits per heavy atom. The van der Waals surface area contributed by atoms with Crippen LogP contribution in [0.3, 0.4) is 0 Å². The van der Waals surface area contributed by atoms with Crippen LogP contribution < -0.4 is 0 Å². The average molecular weight is 272 g/mol. The highest BCUT2D eigenvalue weighted by Crippen LogP contribution is 1.98. The Labute approximate surface area is 75.3 Å². The van der Waals surface area contributed by atoms with E-state index in [0.717, 1.165) is 0 Å². The normalized spacial score (nSPS) is 13.4. The lowest BCUT2D eigenvalue weighted by Gasteiger charge is -1.77. The number of unbranched alkanes of at least 4 members (excludes halogenated alkanes) is 1. The second-order valence-electron chi connectivity index (χ2n) is 1.19. The molecule has 0 nitrogen and oxygen atoms in total. The highest BCUT2D eigenvalue weighted by molar-refractivity contribution is 14.2. The summed E-state index contributed by atoms with van der Waals surface area (Å²) < 4.78 is 13.5. The van der Waals surface area contributed by atoms with E-state index in [0.29, 0.717) is 20.8 Å². The molecule has 0 heterocycles. The van der Waals surface area contributed by atoms with Crippen LogP contribution in [0, 0.1) is 23.5 Å². The molecule has 0 aromatic rings. The van der Waals surface area contributed by atoms with Gasteiger partial charge in [-0.25, -0.2) is 0 Å². The molecule has 9 heavy (non-hydrogen) atoms. The van der Waals surface area contributed by atoms with Gasteiger partial charge in [0.2, 0.25) is 0 Å². The zero-order chi connectivity index (χ0) is 8.53. The summed E-state index contributed by atoms with van der Waals surface area (Å²) in [5.41, 5.74) is 0. The van der Waals surface area contributed by atoms with E-state index in [1.807, 2.05) is 0 Å². The van der Waals surface area contributed by atoms with E-state index >= 15 is 0 Å². The maximum Gasteiger partial charge on any atom is 0.124 e. The summed E-state index contributed by atoms with van der Waals surface area (Å²) >= 11 is 2.15. The molecule has 0 rings (SSSR count). The van der Waals surface area contributed by atoms with Crippen LogP contribution in [0.5, 0.6) is 0 Å². The van der Waals surface area contributed by atoms with Crippen LogP contribution >= 0.6 is 29.2 Å². The molecule has 0 aromatic heterocycles. The minimum absolute atomic E-state index is 0.130. The van der Waals surface area contributed by atoms with Gasteiger partial charge in [0.1, 0.15) is 2.65 Å². The Morgan fingerprint density at radius 3 is 3.44 bits per heavy atom. The van der Waals surface area contributed by atoms with E-state index in [-0.39, 0.29) is 7.24 Å². The molecule has 0 spiro atoms. The lowest BCUT2D eigenvalue weighted by molar-refractivity contribution is 1.12. The molecule has 1 unspecified atom stereocenters. The molecule has 1 atom stereocenters. The first-order valence-electron chi connectivity index (χ1n) is 3.20. The molecule has 0 amide bonds. The molecular formula is C6H6IPS. The fraction of sp³-hybridized carbons (Fsp3) is 0.333. The Balaban J connectivity index is 3.62. The molecule has 3 heteroatoms. The number of rotatable bonds is 1. The third-order valence-electron chi connectivity index (χ3n) is 0.531. The first-order valence-corrected chi connectivity index (χ1v) is 7.07. The van der Waals surface area contributed by atoms with Crippen molar-refractivity contribution in [1.82, 2.24) is 0 Å². The summed E-state index contributed by atoms with van der Waals surface area (Å²) in [4.78, 5) is 0. The molecule has 0 aliphatic heterocycles. The smallest absolute Gasteiger partial charge is 0.120 e. The van der Waals surface area contributed by atoms with Gasteiger partial charge in [-0.2, -0.15) is 0 Å². The first-order chi connectivity index (χ1) is 5.31. The molecule has 0 bridgehead atoms. The number of terminal acetylenes is 1. The Morgan fingerprint density at radius 2 is 2.78 bits per heavy atom. The molecule has 48 valence electrons. The average Bonchev–Trinajstić information content (AvgIpc) is 2.04. The van der Waals surface area contributed by atoms with Crippen LogP contribution in [0.2, 0.25) is 0 Å². The van der Waals surface area contributed by atoms with Crippen molar-refractivity contribution in [3.63, 3.8) is 0 Å². The molecular weight excluding hydrogens is 262 g/mol. The zero-order valence-electron chi connectivity index (χ0n) is 6.65. The van der Waals surface area contributed by atoms with Crippen LogP contribution in [0.15, 0.2) is 0 Å². The fourth-order valence-electron chi connectivity index (χ4n) is 0.236. The lowest BCUT2D eigenvalue weighted by atomic mass is 10.3. The van der Waals surface area contributed by atoms with Crippen molar-refractivity contribution >= 4 is 36.4 Å². The van der Waals surface area contributed by atoms with Gasteiger partial charge in [0.05, 0.1) is 0 Å². The predicted molar refractivity (Wildman–Crippen MR) is 55.5 cm³/mol. The van der Waals surface area contributed by atoms with Gasteiger partial charge < -0.3 is 0 Å². The molecule has 0 saturated heterocycles. The maximum absolute atomic E-state index is 6.94. The second kappa shape index (κ2) is 6.62. The van der Waals surface area contributed by atoms with E-state index in [4.69, 9.17) is 2.65 Å². The van der Waals surface area contributed by atoms with Crippen LogP contribution in [0.1, 0.15) is 14.2 Å². The summed E-state index contributed by atoms with van der Waals surface area (Å²) in [6.07, 6.45) is 3.45. The van der Waals surface area contributed by atoms with Crippen LogP contribution in [-0.2, 0) is 7.24 Å². The highest BCUT2D eigenvalue weighted by atomic mass is 127. The quantitative estimate of drug-likeness (QED) is 0.297. The Hall–Kier alpha value is 0.500. The van der Waals surface area contributed by atoms with Crippen molar-refractivity contribution in [3.8, 4) is 23.5 Å². The van der Waals surface area contributed by atoms with Gasteiger partial charge in [-0.15, -0.1) is 12.3 Å². The topological polar surface area (TPSA) is 0 Å². The van der Waals surface area contributed by atoms with Gasteiger partial charge >= 0.3 is 0 Å². The van der Waals surface area contributed by atoms with Gasteiger partial charge in [-0.3, -0.25) is 0 Å². The highest BCUT2D eigenvalue weighted by Gasteiger charge is 1.73. The van der Waals surface area contributed by atoms with Crippen molar-refractivity contribution in [2.75, 3.05) is 0 Å². The summed E-state index contributed by atoms with van der Waals surface area (Å²) in [5, 5.41) is 2.93. The minimum Gasteiger partial charge on any atom is -0.120 e. The van der Waals surface area contributed by atoms with Crippen molar-refractivity contribution in [3.05, 3.63) is 0 Å². The Bertz CT molecular complexity index is 255. The van der Waals surface area contributed by atoms with Gasteiger partial charge in [0, 0.05) is 34.0 Å². The molecule has 0 fully saturated rings. The second-order valence-corrected chi connectivity index (χ2v) is 7.70. The van der Waals surface area contributed by atoms with Gasteiger partial charge in [-0.05, 0) is 12.5 Å². The summed E-state index contributed by atoms with van der Waals surface area (Å²) in [7, 11) is 0.454. The molecule has 0 aliphatic rings. The van der Waals surface area contributed by atoms with Crippen LogP contribution in [0.4, 0.5) is 0 Å². The van der Waals surface area contributed by atoms with Crippen LogP contribution in [0.25, 0.3) is 0 Å². The minimum atomic E-state index is -0.130. The lowest BCUT2D eigenvalue weighted by Crippen LogP contribution is -1.64. The molecule has 0 radical (unpaired) electrons. The largest absolute Gasteiger partial charge is 0.124 e. The number of halogens is 1. The van der Waals surface area contributed by atoms with Gasteiger partial charge in [-0.1, -0.05) is 13.9 Å². The van der Waals surface area contributed by atoms with Crippen molar-refractivity contribution < 1.29 is 1.37 Å². The van der Waals surface area contributed by atoms with Crippen molar-refractivity contribution in [2.45, 2.75) is 12.8 Å². The molecule has 0 aromatic carbocycles. The third-order valence-corrected chi connectivity index (χ3v) is 1.78. The van der Waals surface area contributed by atoms with E-state index in [2.05, 4.69) is 44.7 Å². The van der Waals surface area contributed by atoms with Gasteiger partial charge in [0.15, 0.2) is 0 Å². The first kappa shape index (κ1) is 6.23. The third kappa shape index (κ3) is 8.50. The fourth-order valence-corrected chi connectivity index (χ4v) is 1.12. The standard InChI is InChI=1S/C6H6IPS/c1-2-3-4-5-6-9(7)8/h1,8H,3-4H2/i1T,8T. The number of hydrogen-bond donors (Lipinski definition) is 0. The summed E-state index contributed by atoms with van der Waals surface area (Å²) in [6.45, 7) is 0. The van der Waals surface area contributed by atoms with Crippen LogP contribution in [-0.4, -0.2) is 1.28 Å². The molecule has 0 aliphatic carbocycles. The summed E-state index contributed by atoms with van der Waals surface area (Å²) in [5.74, 6) is 5.52. The monoisotopic (exact) mass is 272 g/mol. The molecule has 0 saturated carbocycles. The maximum atomic E-state index is 6.94. The van der Waals surface area contributed by atoms with Gasteiger partial charge in [0.25, 0.3) is 0 Å². The van der Waals surface area contributed by atoms with E-state index in [1.165, 1.54) is 0 Å². The number of hydrogen-bond acceptors (Lipinski definition) is 0. The van der Waals surface area contributed by atoms with E-state index in [9.17, 15) is 0 Å². The zero-order valence-corrected chi connectivity index (χ0v) is 8.52. The SMILES string of the molecule is [3H]C#CCCC#CS(I)=P[3H]. The van der Waals surface area contributed by atoms with E-state index < -0.39 is 0 Å². The Kier molecular flexibility index (Phi) is 4.58.